The van der Waals surface area contributed by atoms with Crippen LogP contribution in [0.1, 0.15) is 6.42 Å². The van der Waals surface area contributed by atoms with Crippen LogP contribution >= 0.6 is 35.7 Å². The highest BCUT2D eigenvalue weighted by atomic mass is 32.2. The number of aliphatic imine (C=N–C) groups is 1. The second-order valence-corrected chi connectivity index (χ2v) is 6.77. The van der Waals surface area contributed by atoms with E-state index in [0.717, 1.165) is 47.3 Å². The maximum atomic E-state index is 5.45. The van der Waals surface area contributed by atoms with Crippen LogP contribution in [0, 0.1) is 0 Å². The average molecular weight is 291 g/mol. The summed E-state index contributed by atoms with van der Waals surface area (Å²) in [5.74, 6) is 1.16. The minimum atomic E-state index is 0.785. The lowest BCUT2D eigenvalue weighted by atomic mass is 10.5. The zero-order valence-corrected chi connectivity index (χ0v) is 12.4. The first-order valence-electron chi connectivity index (χ1n) is 5.73. The molecular weight excluding hydrogens is 274 g/mol. The number of hydrogen-bond donors (Lipinski definition) is 0. The van der Waals surface area contributed by atoms with Gasteiger partial charge in [-0.3, -0.25) is 10.0 Å². The third kappa shape index (κ3) is 4.10. The highest BCUT2D eigenvalue weighted by Gasteiger charge is 2.19. The summed E-state index contributed by atoms with van der Waals surface area (Å²) in [4.78, 5) is 4.48. The van der Waals surface area contributed by atoms with Gasteiger partial charge in [-0.2, -0.15) is 0 Å². The van der Waals surface area contributed by atoms with E-state index in [1.54, 1.807) is 11.8 Å². The molecule has 0 spiro atoms. The Morgan fingerprint density at radius 1 is 1.53 bits per heavy atom. The van der Waals surface area contributed by atoms with Gasteiger partial charge in [0.15, 0.2) is 4.32 Å². The zero-order chi connectivity index (χ0) is 12.1. The summed E-state index contributed by atoms with van der Waals surface area (Å²) in [6, 6.07) is 0. The number of thioether (sulfide) groups is 2. The van der Waals surface area contributed by atoms with E-state index < -0.39 is 0 Å². The van der Waals surface area contributed by atoms with Crippen molar-refractivity contribution < 1.29 is 4.74 Å². The number of ether oxygens (including phenoxy) is 1. The van der Waals surface area contributed by atoms with Crippen molar-refractivity contribution in [1.82, 2.24) is 10.0 Å². The Morgan fingerprint density at radius 2 is 2.29 bits per heavy atom. The Hall–Kier alpha value is 0.180. The quantitative estimate of drug-likeness (QED) is 0.683. The van der Waals surface area contributed by atoms with Crippen molar-refractivity contribution in [2.45, 2.75) is 6.42 Å². The third-order valence-corrected chi connectivity index (χ3v) is 5.35. The highest BCUT2D eigenvalue weighted by Crippen LogP contribution is 2.24. The molecule has 2 heterocycles. The molecular formula is C10H17N3OS3. The van der Waals surface area contributed by atoms with Crippen molar-refractivity contribution >= 4 is 44.4 Å². The number of hydrogen-bond acceptors (Lipinski definition) is 6. The maximum Gasteiger partial charge on any atom is 0.157 e. The van der Waals surface area contributed by atoms with E-state index in [1.807, 2.05) is 18.8 Å². The molecule has 0 bridgehead atoms. The van der Waals surface area contributed by atoms with E-state index in [0.29, 0.717) is 0 Å². The van der Waals surface area contributed by atoms with Crippen LogP contribution in [0.25, 0.3) is 0 Å². The lowest BCUT2D eigenvalue weighted by molar-refractivity contribution is -0.0358. The van der Waals surface area contributed by atoms with E-state index in [4.69, 9.17) is 17.0 Å². The Kier molecular flexibility index (Phi) is 5.55. The number of thiocarbonyl (C=S) groups is 1. The number of hydrazine groups is 1. The van der Waals surface area contributed by atoms with Gasteiger partial charge < -0.3 is 4.74 Å². The average Bonchev–Trinajstić information content (AvgIpc) is 2.40. The first-order chi connectivity index (χ1) is 8.27. The van der Waals surface area contributed by atoms with Crippen LogP contribution < -0.4 is 0 Å². The summed E-state index contributed by atoms with van der Waals surface area (Å²) >= 11 is 8.87. The third-order valence-electron chi connectivity index (χ3n) is 2.62. The molecule has 7 heteroatoms. The highest BCUT2D eigenvalue weighted by molar-refractivity contribution is 8.47. The molecule has 17 heavy (non-hydrogen) atoms. The lowest BCUT2D eigenvalue weighted by Gasteiger charge is -2.35. The molecule has 0 aromatic heterocycles. The standard InChI is InChI=1S/C10H17N3OS3/c1-12(13-4-6-14-7-5-13)10(15)17-9-11-3-2-8-16-9/h2-8H2,1H3. The van der Waals surface area contributed by atoms with Crippen LogP contribution in [0.2, 0.25) is 0 Å². The van der Waals surface area contributed by atoms with Gasteiger partial charge in [0.25, 0.3) is 0 Å². The van der Waals surface area contributed by atoms with E-state index in [-0.39, 0.29) is 0 Å². The summed E-state index contributed by atoms with van der Waals surface area (Å²) in [6.07, 6.45) is 1.18. The Balaban J connectivity index is 1.83. The molecule has 4 nitrogen and oxygen atoms in total. The van der Waals surface area contributed by atoms with Crippen molar-refractivity contribution in [2.24, 2.45) is 4.99 Å². The Morgan fingerprint density at radius 3 is 2.94 bits per heavy atom. The fourth-order valence-corrected chi connectivity index (χ4v) is 4.03. The molecule has 0 atom stereocenters. The molecule has 0 saturated carbocycles. The van der Waals surface area contributed by atoms with Crippen molar-refractivity contribution in [3.63, 3.8) is 0 Å². The van der Waals surface area contributed by atoms with Gasteiger partial charge in [0, 0.05) is 32.4 Å². The molecule has 0 unspecified atom stereocenters. The second-order valence-electron chi connectivity index (χ2n) is 3.81. The predicted octanol–water partition coefficient (Wildman–Crippen LogP) is 1.68. The smallest absolute Gasteiger partial charge is 0.157 e. The van der Waals surface area contributed by atoms with Gasteiger partial charge >= 0.3 is 0 Å². The molecule has 0 radical (unpaired) electrons. The van der Waals surface area contributed by atoms with Gasteiger partial charge in [-0.25, -0.2) is 5.01 Å². The summed E-state index contributed by atoms with van der Waals surface area (Å²) in [7, 11) is 2.02. The molecule has 2 aliphatic rings. The SMILES string of the molecule is CN(C(=S)SC1=NCCCS1)N1CCOCC1. The molecule has 0 N–H and O–H groups in total. The summed E-state index contributed by atoms with van der Waals surface area (Å²) < 4.78 is 7.32. The molecule has 1 fully saturated rings. The molecule has 0 aromatic rings. The molecule has 2 aliphatic heterocycles. The van der Waals surface area contributed by atoms with Crippen LogP contribution in [0.5, 0.6) is 0 Å². The summed E-state index contributed by atoms with van der Waals surface area (Å²) in [5, 5.41) is 4.28. The van der Waals surface area contributed by atoms with Gasteiger partial charge in [0.05, 0.1) is 13.2 Å². The molecule has 0 aromatic carbocycles. The van der Waals surface area contributed by atoms with E-state index in [2.05, 4.69) is 15.0 Å². The Bertz CT molecular complexity index is 305. The monoisotopic (exact) mass is 291 g/mol. The molecule has 1 saturated heterocycles. The topological polar surface area (TPSA) is 28.1 Å². The van der Waals surface area contributed by atoms with Crippen molar-refractivity contribution in [3.8, 4) is 0 Å². The first kappa shape index (κ1) is 13.6. The lowest BCUT2D eigenvalue weighted by Crippen LogP contribution is -2.48. The van der Waals surface area contributed by atoms with E-state index >= 15 is 0 Å². The van der Waals surface area contributed by atoms with E-state index in [1.165, 1.54) is 6.42 Å². The van der Waals surface area contributed by atoms with Crippen molar-refractivity contribution in [2.75, 3.05) is 45.6 Å². The van der Waals surface area contributed by atoms with Gasteiger partial charge in [-0.05, 0) is 18.2 Å². The van der Waals surface area contributed by atoms with Crippen LogP contribution in [0.15, 0.2) is 4.99 Å². The van der Waals surface area contributed by atoms with Crippen molar-refractivity contribution in [3.05, 3.63) is 0 Å². The predicted molar refractivity (Wildman–Crippen MR) is 79.7 cm³/mol. The van der Waals surface area contributed by atoms with Gasteiger partial charge in [-0.1, -0.05) is 24.0 Å². The second kappa shape index (κ2) is 6.94. The number of morpholine rings is 1. The summed E-state index contributed by atoms with van der Waals surface area (Å²) in [6.45, 7) is 4.34. The van der Waals surface area contributed by atoms with Gasteiger partial charge in [0.2, 0.25) is 0 Å². The minimum absolute atomic E-state index is 0.785. The maximum absolute atomic E-state index is 5.45. The van der Waals surface area contributed by atoms with Gasteiger partial charge in [0.1, 0.15) is 4.38 Å². The largest absolute Gasteiger partial charge is 0.379 e. The summed E-state index contributed by atoms with van der Waals surface area (Å²) in [5.41, 5.74) is 0. The Labute approximate surface area is 116 Å². The van der Waals surface area contributed by atoms with Crippen LogP contribution in [0.3, 0.4) is 0 Å². The molecule has 0 aliphatic carbocycles. The van der Waals surface area contributed by atoms with Crippen LogP contribution in [-0.2, 0) is 4.74 Å². The first-order valence-corrected chi connectivity index (χ1v) is 7.94. The number of nitrogens with zero attached hydrogens (tertiary/aromatic N) is 3. The molecule has 2 rings (SSSR count). The molecule has 0 amide bonds. The minimum Gasteiger partial charge on any atom is -0.379 e. The number of rotatable bonds is 1. The van der Waals surface area contributed by atoms with E-state index in [9.17, 15) is 0 Å². The van der Waals surface area contributed by atoms with Crippen LogP contribution in [0.4, 0.5) is 0 Å². The van der Waals surface area contributed by atoms with Gasteiger partial charge in [-0.15, -0.1) is 0 Å². The van der Waals surface area contributed by atoms with Crippen LogP contribution in [-0.4, -0.2) is 64.4 Å². The fraction of sp³-hybridized carbons (Fsp3) is 0.800. The zero-order valence-electron chi connectivity index (χ0n) is 9.92. The fourth-order valence-electron chi connectivity index (χ4n) is 1.61. The molecule has 96 valence electrons. The normalized spacial score (nSPS) is 22.1. The van der Waals surface area contributed by atoms with Crippen molar-refractivity contribution in [1.29, 1.82) is 0 Å².